The average molecular weight is 406 g/mol. The largest absolute Gasteiger partial charge is 0.462 e. The third-order valence-electron chi connectivity index (χ3n) is 4.82. The van der Waals surface area contributed by atoms with Crippen LogP contribution in [0.1, 0.15) is 72.1 Å². The summed E-state index contributed by atoms with van der Waals surface area (Å²) in [4.78, 5) is 26.3. The molecule has 0 aromatic carbocycles. The summed E-state index contributed by atoms with van der Waals surface area (Å²) in [6.07, 6.45) is 1.95. The number of hydrogen-bond acceptors (Lipinski definition) is 6. The van der Waals surface area contributed by atoms with E-state index >= 15 is 0 Å². The maximum Gasteiger partial charge on any atom is 0.341 e. The second-order valence-electron chi connectivity index (χ2n) is 7.59. The highest BCUT2D eigenvalue weighted by molar-refractivity contribution is 7.17. The van der Waals surface area contributed by atoms with Crippen LogP contribution in [0, 0.1) is 11.8 Å². The van der Waals surface area contributed by atoms with Crippen LogP contribution >= 0.6 is 11.3 Å². The molecule has 0 radical (unpaired) electrons. The van der Waals surface area contributed by atoms with E-state index in [9.17, 15) is 9.59 Å². The highest BCUT2D eigenvalue weighted by Gasteiger charge is 2.38. The van der Waals surface area contributed by atoms with E-state index in [4.69, 9.17) is 13.9 Å². The highest BCUT2D eigenvalue weighted by atomic mass is 32.1. The maximum atomic E-state index is 12.8. The monoisotopic (exact) mass is 405 g/mol. The van der Waals surface area contributed by atoms with Gasteiger partial charge in [0, 0.05) is 11.3 Å². The number of amides is 1. The number of hydrogen-bond donors (Lipinski definition) is 1. The molecule has 1 aliphatic rings. The molecule has 3 rings (SSSR count). The van der Waals surface area contributed by atoms with Crippen molar-refractivity contribution < 1.29 is 23.5 Å². The zero-order valence-corrected chi connectivity index (χ0v) is 17.7. The van der Waals surface area contributed by atoms with Crippen LogP contribution in [0.4, 0.5) is 5.00 Å². The van der Waals surface area contributed by atoms with E-state index in [0.717, 1.165) is 10.4 Å². The fourth-order valence-corrected chi connectivity index (χ4v) is 4.77. The molecule has 0 fully saturated rings. The molecule has 0 aliphatic carbocycles. The standard InChI is InChI=1S/C21H27NO5S/c1-6-25-21(24)16-13-10-15(11(2)3)27-17(12(4)5)18(13)28-20(16)22-19(23)14-8-7-9-26-14/h7-9,11-12,15,17H,6,10H2,1-5H3,(H,22,23)/t15-,17+/m1/s1. The molecule has 0 saturated carbocycles. The van der Waals surface area contributed by atoms with Crippen molar-refractivity contribution >= 4 is 28.2 Å². The molecule has 2 atom stereocenters. The van der Waals surface area contributed by atoms with Crippen molar-refractivity contribution in [3.63, 3.8) is 0 Å². The smallest absolute Gasteiger partial charge is 0.341 e. The number of furan rings is 1. The van der Waals surface area contributed by atoms with Crippen molar-refractivity contribution in [2.75, 3.05) is 11.9 Å². The molecule has 6 nitrogen and oxygen atoms in total. The topological polar surface area (TPSA) is 77.8 Å². The third kappa shape index (κ3) is 4.00. The quantitative estimate of drug-likeness (QED) is 0.679. The summed E-state index contributed by atoms with van der Waals surface area (Å²) in [7, 11) is 0. The van der Waals surface area contributed by atoms with Crippen LogP contribution in [-0.2, 0) is 15.9 Å². The predicted octanol–water partition coefficient (Wildman–Crippen LogP) is 5.06. The van der Waals surface area contributed by atoms with Gasteiger partial charge < -0.3 is 19.2 Å². The fraction of sp³-hybridized carbons (Fsp3) is 0.524. The summed E-state index contributed by atoms with van der Waals surface area (Å²) in [5.74, 6) is -0.0655. The molecule has 152 valence electrons. The van der Waals surface area contributed by atoms with E-state index in [1.165, 1.54) is 17.6 Å². The Kier molecular flexibility index (Phi) is 6.25. The first kappa shape index (κ1) is 20.6. The van der Waals surface area contributed by atoms with Gasteiger partial charge in [-0.15, -0.1) is 11.3 Å². The minimum Gasteiger partial charge on any atom is -0.462 e. The molecule has 0 bridgehead atoms. The molecule has 1 N–H and O–H groups in total. The Morgan fingerprint density at radius 2 is 2.04 bits per heavy atom. The van der Waals surface area contributed by atoms with Gasteiger partial charge in [0.05, 0.1) is 30.6 Å². The van der Waals surface area contributed by atoms with Gasteiger partial charge >= 0.3 is 5.97 Å². The number of carbonyl (C=O) groups is 2. The van der Waals surface area contributed by atoms with E-state index < -0.39 is 11.9 Å². The summed E-state index contributed by atoms with van der Waals surface area (Å²) in [6.45, 7) is 10.5. The Morgan fingerprint density at radius 3 is 2.61 bits per heavy atom. The van der Waals surface area contributed by atoms with Gasteiger partial charge in [0.1, 0.15) is 5.00 Å². The number of nitrogens with one attached hydrogen (secondary N) is 1. The SMILES string of the molecule is CCOC(=O)c1c(NC(=O)c2ccco2)sc2c1C[C@H](C(C)C)O[C@H]2C(C)C. The van der Waals surface area contributed by atoms with Gasteiger partial charge in [0.2, 0.25) is 0 Å². The van der Waals surface area contributed by atoms with Crippen LogP contribution in [0.5, 0.6) is 0 Å². The summed E-state index contributed by atoms with van der Waals surface area (Å²) in [5, 5.41) is 3.33. The zero-order chi connectivity index (χ0) is 20.4. The predicted molar refractivity (Wildman–Crippen MR) is 108 cm³/mol. The number of fused-ring (bicyclic) bond motifs is 1. The lowest BCUT2D eigenvalue weighted by Crippen LogP contribution is -2.32. The fourth-order valence-electron chi connectivity index (χ4n) is 3.35. The molecular formula is C21H27NO5S. The number of carbonyl (C=O) groups excluding carboxylic acids is 2. The second-order valence-corrected chi connectivity index (χ2v) is 8.64. The third-order valence-corrected chi connectivity index (χ3v) is 6.03. The van der Waals surface area contributed by atoms with Gasteiger partial charge in [0.25, 0.3) is 5.91 Å². The first-order valence-electron chi connectivity index (χ1n) is 9.66. The Balaban J connectivity index is 2.06. The molecule has 1 aliphatic heterocycles. The molecule has 2 aromatic rings. The Bertz CT molecular complexity index is 837. The van der Waals surface area contributed by atoms with Crippen molar-refractivity contribution in [1.29, 1.82) is 0 Å². The van der Waals surface area contributed by atoms with Crippen molar-refractivity contribution in [3.05, 3.63) is 40.2 Å². The van der Waals surface area contributed by atoms with Crippen molar-refractivity contribution in [2.45, 2.75) is 53.2 Å². The number of ether oxygens (including phenoxy) is 2. The van der Waals surface area contributed by atoms with Crippen LogP contribution in [0.3, 0.4) is 0 Å². The van der Waals surface area contributed by atoms with Crippen LogP contribution in [-0.4, -0.2) is 24.6 Å². The lowest BCUT2D eigenvalue weighted by atomic mass is 9.89. The van der Waals surface area contributed by atoms with E-state index in [2.05, 4.69) is 33.0 Å². The number of esters is 1. The second kappa shape index (κ2) is 8.49. The zero-order valence-electron chi connectivity index (χ0n) is 16.9. The molecule has 0 saturated heterocycles. The Hall–Kier alpha value is -2.12. The van der Waals surface area contributed by atoms with E-state index in [1.54, 1.807) is 19.1 Å². The van der Waals surface area contributed by atoms with Crippen molar-refractivity contribution in [1.82, 2.24) is 0 Å². The lowest BCUT2D eigenvalue weighted by Gasteiger charge is -2.34. The van der Waals surface area contributed by atoms with Crippen molar-refractivity contribution in [3.8, 4) is 0 Å². The Labute approximate surface area is 169 Å². The molecule has 7 heteroatoms. The summed E-state index contributed by atoms with van der Waals surface area (Å²) in [6, 6.07) is 3.23. The van der Waals surface area contributed by atoms with Gasteiger partial charge in [-0.1, -0.05) is 27.7 Å². The molecule has 2 aromatic heterocycles. The first-order valence-corrected chi connectivity index (χ1v) is 10.5. The number of anilines is 1. The summed E-state index contributed by atoms with van der Waals surface area (Å²) < 4.78 is 16.8. The number of rotatable bonds is 6. The summed E-state index contributed by atoms with van der Waals surface area (Å²) >= 11 is 1.39. The van der Waals surface area contributed by atoms with E-state index in [1.807, 2.05) is 0 Å². The lowest BCUT2D eigenvalue weighted by molar-refractivity contribution is -0.0671. The Morgan fingerprint density at radius 1 is 1.29 bits per heavy atom. The van der Waals surface area contributed by atoms with Gasteiger partial charge in [-0.3, -0.25) is 4.79 Å². The molecule has 0 unspecified atom stereocenters. The van der Waals surface area contributed by atoms with Crippen LogP contribution in [0.2, 0.25) is 0 Å². The van der Waals surface area contributed by atoms with Crippen molar-refractivity contribution in [2.24, 2.45) is 11.8 Å². The molecule has 0 spiro atoms. The van der Waals surface area contributed by atoms with Gasteiger partial charge in [0.15, 0.2) is 5.76 Å². The van der Waals surface area contributed by atoms with Gasteiger partial charge in [-0.25, -0.2) is 4.79 Å². The number of thiophene rings is 1. The van der Waals surface area contributed by atoms with E-state index in [-0.39, 0.29) is 30.5 Å². The maximum absolute atomic E-state index is 12.8. The van der Waals surface area contributed by atoms with Crippen LogP contribution in [0.15, 0.2) is 22.8 Å². The minimum absolute atomic E-state index is 0.0105. The summed E-state index contributed by atoms with van der Waals surface area (Å²) in [5.41, 5.74) is 1.38. The van der Waals surface area contributed by atoms with Crippen LogP contribution in [0.25, 0.3) is 0 Å². The normalized spacial score (nSPS) is 19.0. The van der Waals surface area contributed by atoms with Gasteiger partial charge in [-0.2, -0.15) is 0 Å². The van der Waals surface area contributed by atoms with E-state index in [0.29, 0.717) is 22.9 Å². The molecule has 28 heavy (non-hydrogen) atoms. The minimum atomic E-state index is -0.415. The first-order chi connectivity index (χ1) is 13.3. The molecule has 1 amide bonds. The highest BCUT2D eigenvalue weighted by Crippen LogP contribution is 2.46. The van der Waals surface area contributed by atoms with Gasteiger partial charge in [-0.05, 0) is 36.5 Å². The average Bonchev–Trinajstić information content (AvgIpc) is 3.28. The van der Waals surface area contributed by atoms with Crippen LogP contribution < -0.4 is 5.32 Å². The molecule has 3 heterocycles. The molecular weight excluding hydrogens is 378 g/mol.